The SMILES string of the molecule is Cc1cc(C)n2nc(CCCNc3ccc([N+](=O)[O-])cn3)c(C#N)c2n1. The molecule has 0 spiro atoms. The van der Waals surface area contributed by atoms with Gasteiger partial charge in [0.1, 0.15) is 23.6 Å². The van der Waals surface area contributed by atoms with Crippen LogP contribution in [0.3, 0.4) is 0 Å². The lowest BCUT2D eigenvalue weighted by molar-refractivity contribution is -0.385. The highest BCUT2D eigenvalue weighted by Crippen LogP contribution is 2.17. The van der Waals surface area contributed by atoms with E-state index >= 15 is 0 Å². The molecule has 3 aromatic rings. The normalized spacial score (nSPS) is 10.7. The Bertz CT molecular complexity index is 1000. The quantitative estimate of drug-likeness (QED) is 0.411. The Kier molecular flexibility index (Phi) is 4.75. The van der Waals surface area contributed by atoms with E-state index in [0.29, 0.717) is 35.7 Å². The molecule has 0 bridgehead atoms. The van der Waals surface area contributed by atoms with E-state index in [-0.39, 0.29) is 5.69 Å². The lowest BCUT2D eigenvalue weighted by Crippen LogP contribution is -2.05. The van der Waals surface area contributed by atoms with Gasteiger partial charge in [-0.25, -0.2) is 14.5 Å². The van der Waals surface area contributed by atoms with Crippen molar-refractivity contribution in [3.05, 3.63) is 57.2 Å². The van der Waals surface area contributed by atoms with Crippen molar-refractivity contribution in [2.45, 2.75) is 26.7 Å². The van der Waals surface area contributed by atoms with E-state index in [1.54, 1.807) is 10.6 Å². The number of fused-ring (bicyclic) bond motifs is 1. The van der Waals surface area contributed by atoms with Crippen molar-refractivity contribution in [2.24, 2.45) is 0 Å². The molecular formula is C17H17N7O2. The molecule has 9 nitrogen and oxygen atoms in total. The van der Waals surface area contributed by atoms with Crippen LogP contribution in [0.25, 0.3) is 5.65 Å². The van der Waals surface area contributed by atoms with E-state index in [9.17, 15) is 15.4 Å². The Morgan fingerprint density at radius 3 is 2.85 bits per heavy atom. The average Bonchev–Trinajstić information content (AvgIpc) is 2.96. The number of nitriles is 1. The first-order valence-corrected chi connectivity index (χ1v) is 8.10. The smallest absolute Gasteiger partial charge is 0.287 e. The van der Waals surface area contributed by atoms with Gasteiger partial charge in [0.05, 0.1) is 10.6 Å². The molecule has 0 aromatic carbocycles. The van der Waals surface area contributed by atoms with Crippen LogP contribution in [0.4, 0.5) is 11.5 Å². The van der Waals surface area contributed by atoms with Crippen LogP contribution in [0.15, 0.2) is 24.4 Å². The molecule has 0 saturated heterocycles. The van der Waals surface area contributed by atoms with Gasteiger partial charge in [0.2, 0.25) is 0 Å². The zero-order chi connectivity index (χ0) is 18.7. The minimum Gasteiger partial charge on any atom is -0.370 e. The van der Waals surface area contributed by atoms with Crippen molar-refractivity contribution in [3.8, 4) is 6.07 Å². The number of pyridine rings is 1. The molecule has 0 aliphatic carbocycles. The minimum atomic E-state index is -0.485. The first-order chi connectivity index (χ1) is 12.5. The number of rotatable bonds is 6. The first kappa shape index (κ1) is 17.3. The molecular weight excluding hydrogens is 334 g/mol. The third-order valence-electron chi connectivity index (χ3n) is 3.93. The number of hydrogen-bond acceptors (Lipinski definition) is 7. The monoisotopic (exact) mass is 351 g/mol. The summed E-state index contributed by atoms with van der Waals surface area (Å²) >= 11 is 0. The Balaban J connectivity index is 1.66. The van der Waals surface area contributed by atoms with E-state index in [2.05, 4.69) is 26.5 Å². The van der Waals surface area contributed by atoms with Crippen LogP contribution in [-0.2, 0) is 6.42 Å². The van der Waals surface area contributed by atoms with Crippen LogP contribution in [-0.4, -0.2) is 31.1 Å². The molecule has 0 atom stereocenters. The zero-order valence-corrected chi connectivity index (χ0v) is 14.4. The summed E-state index contributed by atoms with van der Waals surface area (Å²) in [5.74, 6) is 0.569. The molecule has 0 aliphatic rings. The van der Waals surface area contributed by atoms with Crippen molar-refractivity contribution >= 4 is 17.2 Å². The Labute approximate surface area is 149 Å². The second-order valence-corrected chi connectivity index (χ2v) is 5.90. The lowest BCUT2D eigenvalue weighted by atomic mass is 10.1. The van der Waals surface area contributed by atoms with Crippen LogP contribution in [0.1, 0.15) is 29.1 Å². The van der Waals surface area contributed by atoms with E-state index < -0.39 is 4.92 Å². The zero-order valence-electron chi connectivity index (χ0n) is 14.4. The molecule has 3 rings (SSSR count). The van der Waals surface area contributed by atoms with Gasteiger partial charge in [0.15, 0.2) is 5.65 Å². The number of aryl methyl sites for hydroxylation is 3. The molecule has 1 N–H and O–H groups in total. The Hall–Kier alpha value is -3.54. The molecule has 132 valence electrons. The maximum atomic E-state index is 10.6. The molecule has 0 saturated carbocycles. The van der Waals surface area contributed by atoms with Gasteiger partial charge in [-0.1, -0.05) is 0 Å². The van der Waals surface area contributed by atoms with E-state index in [1.807, 2.05) is 19.9 Å². The Morgan fingerprint density at radius 1 is 1.38 bits per heavy atom. The number of anilines is 1. The van der Waals surface area contributed by atoms with Gasteiger partial charge in [-0.05, 0) is 38.8 Å². The van der Waals surface area contributed by atoms with Crippen molar-refractivity contribution in [1.82, 2.24) is 19.6 Å². The molecule has 0 amide bonds. The van der Waals surface area contributed by atoms with Crippen molar-refractivity contribution in [3.63, 3.8) is 0 Å². The summed E-state index contributed by atoms with van der Waals surface area (Å²) < 4.78 is 1.70. The van der Waals surface area contributed by atoms with E-state index in [4.69, 9.17) is 0 Å². The second kappa shape index (κ2) is 7.14. The van der Waals surface area contributed by atoms with Crippen molar-refractivity contribution in [2.75, 3.05) is 11.9 Å². The third-order valence-corrected chi connectivity index (χ3v) is 3.93. The fourth-order valence-corrected chi connectivity index (χ4v) is 2.73. The molecule has 0 unspecified atom stereocenters. The second-order valence-electron chi connectivity index (χ2n) is 5.90. The van der Waals surface area contributed by atoms with Gasteiger partial charge in [0, 0.05) is 24.0 Å². The maximum absolute atomic E-state index is 10.6. The topological polar surface area (TPSA) is 122 Å². The van der Waals surface area contributed by atoms with Crippen molar-refractivity contribution in [1.29, 1.82) is 5.26 Å². The van der Waals surface area contributed by atoms with Gasteiger partial charge in [-0.15, -0.1) is 0 Å². The first-order valence-electron chi connectivity index (χ1n) is 8.10. The fourth-order valence-electron chi connectivity index (χ4n) is 2.73. The largest absolute Gasteiger partial charge is 0.370 e. The number of nitro groups is 1. The molecule has 0 aliphatic heterocycles. The van der Waals surface area contributed by atoms with Crippen molar-refractivity contribution < 1.29 is 4.92 Å². The van der Waals surface area contributed by atoms with Gasteiger partial charge >= 0.3 is 0 Å². The van der Waals surface area contributed by atoms with Gasteiger partial charge < -0.3 is 5.32 Å². The summed E-state index contributed by atoms with van der Waals surface area (Å²) in [4.78, 5) is 18.6. The predicted molar refractivity (Wildman–Crippen MR) is 94.9 cm³/mol. The van der Waals surface area contributed by atoms with Gasteiger partial charge in [0.25, 0.3) is 5.69 Å². The summed E-state index contributed by atoms with van der Waals surface area (Å²) in [5.41, 5.74) is 3.55. The van der Waals surface area contributed by atoms with E-state index in [1.165, 1.54) is 12.3 Å². The average molecular weight is 351 g/mol. The molecule has 26 heavy (non-hydrogen) atoms. The highest BCUT2D eigenvalue weighted by atomic mass is 16.6. The predicted octanol–water partition coefficient (Wildman–Crippen LogP) is 2.57. The van der Waals surface area contributed by atoms with Crippen LogP contribution in [0, 0.1) is 35.3 Å². The van der Waals surface area contributed by atoms with Gasteiger partial charge in [-0.2, -0.15) is 10.4 Å². The number of aromatic nitrogens is 4. The molecule has 0 radical (unpaired) electrons. The van der Waals surface area contributed by atoms with Crippen LogP contribution in [0.5, 0.6) is 0 Å². The third kappa shape index (κ3) is 3.44. The standard InChI is InChI=1S/C17H17N7O2/c1-11-8-12(2)23-17(21-11)14(9-18)15(22-23)4-3-7-19-16-6-5-13(10-20-16)24(25)26/h5-6,8,10H,3-4,7H2,1-2H3,(H,19,20). The summed E-state index contributed by atoms with van der Waals surface area (Å²) in [7, 11) is 0. The summed E-state index contributed by atoms with van der Waals surface area (Å²) in [6, 6.07) is 7.10. The molecule has 0 fully saturated rings. The van der Waals surface area contributed by atoms with Gasteiger partial charge in [-0.3, -0.25) is 10.1 Å². The summed E-state index contributed by atoms with van der Waals surface area (Å²) in [6.45, 7) is 4.43. The van der Waals surface area contributed by atoms with Crippen LogP contribution < -0.4 is 5.32 Å². The highest BCUT2D eigenvalue weighted by Gasteiger charge is 2.15. The fraction of sp³-hybridized carbons (Fsp3) is 0.294. The van der Waals surface area contributed by atoms with Crippen LogP contribution >= 0.6 is 0 Å². The van der Waals surface area contributed by atoms with Crippen LogP contribution in [0.2, 0.25) is 0 Å². The molecule has 9 heteroatoms. The van der Waals surface area contributed by atoms with E-state index in [0.717, 1.165) is 17.8 Å². The number of nitrogens with zero attached hydrogens (tertiary/aromatic N) is 6. The minimum absolute atomic E-state index is 0.0444. The maximum Gasteiger partial charge on any atom is 0.287 e. The lowest BCUT2D eigenvalue weighted by Gasteiger charge is -2.04. The highest BCUT2D eigenvalue weighted by molar-refractivity contribution is 5.58. The number of hydrogen-bond donors (Lipinski definition) is 1. The summed E-state index contributed by atoms with van der Waals surface area (Å²) in [5, 5.41) is 27.7. The molecule has 3 heterocycles. The molecule has 3 aromatic heterocycles. The Morgan fingerprint density at radius 2 is 2.19 bits per heavy atom. The number of nitrogens with one attached hydrogen (secondary N) is 1. The summed E-state index contributed by atoms with van der Waals surface area (Å²) in [6.07, 6.45) is 2.56.